The number of hydrogen-bond donors (Lipinski definition) is 1. The molecule has 0 spiro atoms. The maximum absolute atomic E-state index is 13.3. The Bertz CT molecular complexity index is 575. The molecule has 18 heavy (non-hydrogen) atoms. The van der Waals surface area contributed by atoms with Crippen LogP contribution in [0.15, 0.2) is 36.4 Å². The van der Waals surface area contributed by atoms with E-state index in [0.29, 0.717) is 16.3 Å². The summed E-state index contributed by atoms with van der Waals surface area (Å²) in [5, 5.41) is 0.478. The molecule has 0 heterocycles. The fourth-order valence-corrected chi connectivity index (χ4v) is 1.63. The molecule has 0 unspecified atom stereocenters. The van der Waals surface area contributed by atoms with Crippen LogP contribution in [0.1, 0.15) is 5.56 Å². The Hall–Kier alpha value is -1.81. The van der Waals surface area contributed by atoms with E-state index < -0.39 is 11.6 Å². The second-order valence-electron chi connectivity index (χ2n) is 3.71. The third kappa shape index (κ3) is 2.90. The zero-order valence-corrected chi connectivity index (χ0v) is 10.0. The van der Waals surface area contributed by atoms with Gasteiger partial charge in [0.1, 0.15) is 12.4 Å². The highest BCUT2D eigenvalue weighted by atomic mass is 35.5. The topological polar surface area (TPSA) is 35.2 Å². The fourth-order valence-electron chi connectivity index (χ4n) is 1.45. The molecule has 0 bridgehead atoms. The average molecular weight is 270 g/mol. The van der Waals surface area contributed by atoms with Crippen LogP contribution in [0, 0.1) is 11.6 Å². The first kappa shape index (κ1) is 12.6. The smallest absolute Gasteiger partial charge is 0.167 e. The summed E-state index contributed by atoms with van der Waals surface area (Å²) in [5.41, 5.74) is 6.79. The molecule has 0 saturated carbocycles. The van der Waals surface area contributed by atoms with Crippen LogP contribution < -0.4 is 10.5 Å². The zero-order chi connectivity index (χ0) is 13.1. The number of halogens is 3. The lowest BCUT2D eigenvalue weighted by Crippen LogP contribution is -1.99. The van der Waals surface area contributed by atoms with Gasteiger partial charge < -0.3 is 10.5 Å². The van der Waals surface area contributed by atoms with Crippen LogP contribution in [-0.2, 0) is 6.61 Å². The van der Waals surface area contributed by atoms with Gasteiger partial charge in [-0.2, -0.15) is 0 Å². The van der Waals surface area contributed by atoms with E-state index in [1.807, 2.05) is 0 Å². The van der Waals surface area contributed by atoms with E-state index in [1.54, 1.807) is 18.2 Å². The minimum atomic E-state index is -0.755. The first-order chi connectivity index (χ1) is 8.56. The maximum atomic E-state index is 13.3. The van der Waals surface area contributed by atoms with Crippen LogP contribution in [0.3, 0.4) is 0 Å². The molecule has 0 radical (unpaired) electrons. The lowest BCUT2D eigenvalue weighted by molar-refractivity contribution is 0.289. The highest BCUT2D eigenvalue weighted by Crippen LogP contribution is 2.23. The molecule has 0 aliphatic carbocycles. The van der Waals surface area contributed by atoms with Crippen molar-refractivity contribution in [2.45, 2.75) is 6.61 Å². The fraction of sp³-hybridized carbons (Fsp3) is 0.0769. The summed E-state index contributed by atoms with van der Waals surface area (Å²) in [5.74, 6) is -1.44. The van der Waals surface area contributed by atoms with Gasteiger partial charge in [-0.1, -0.05) is 11.6 Å². The Morgan fingerprint density at radius 2 is 1.89 bits per heavy atom. The maximum Gasteiger partial charge on any atom is 0.167 e. The molecule has 2 nitrogen and oxygen atoms in total. The van der Waals surface area contributed by atoms with Gasteiger partial charge in [0.25, 0.3) is 0 Å². The molecule has 0 aromatic heterocycles. The zero-order valence-electron chi connectivity index (χ0n) is 9.29. The van der Waals surface area contributed by atoms with Gasteiger partial charge in [-0.3, -0.25) is 0 Å². The summed E-state index contributed by atoms with van der Waals surface area (Å²) < 4.78 is 31.2. The van der Waals surface area contributed by atoms with Crippen molar-refractivity contribution in [1.29, 1.82) is 0 Å². The molecule has 2 rings (SSSR count). The largest absolute Gasteiger partial charge is 0.486 e. The summed E-state index contributed by atoms with van der Waals surface area (Å²) >= 11 is 5.94. The summed E-state index contributed by atoms with van der Waals surface area (Å²) in [7, 11) is 0. The number of anilines is 1. The standard InChI is InChI=1S/C13H10ClF2NO/c14-11-3-2-10(17)5-8(11)7-18-13-4-1-9(15)6-12(13)16/h1-6H,7,17H2. The first-order valence-electron chi connectivity index (χ1n) is 5.18. The van der Waals surface area contributed by atoms with Crippen molar-refractivity contribution in [2.24, 2.45) is 0 Å². The van der Waals surface area contributed by atoms with Crippen molar-refractivity contribution in [3.05, 3.63) is 58.6 Å². The summed E-state index contributed by atoms with van der Waals surface area (Å²) in [6.45, 7) is 0.0619. The van der Waals surface area contributed by atoms with Crippen LogP contribution in [0.25, 0.3) is 0 Å². The molecule has 5 heteroatoms. The minimum absolute atomic E-state index is 0.0325. The SMILES string of the molecule is Nc1ccc(Cl)c(COc2ccc(F)cc2F)c1. The number of benzene rings is 2. The van der Waals surface area contributed by atoms with E-state index in [1.165, 1.54) is 6.07 Å². The number of hydrogen-bond acceptors (Lipinski definition) is 2. The van der Waals surface area contributed by atoms with E-state index in [-0.39, 0.29) is 12.4 Å². The van der Waals surface area contributed by atoms with Crippen molar-refractivity contribution in [1.82, 2.24) is 0 Å². The van der Waals surface area contributed by atoms with Crippen LogP contribution >= 0.6 is 11.6 Å². The molecule has 0 aliphatic rings. The molecule has 94 valence electrons. The van der Waals surface area contributed by atoms with Crippen molar-refractivity contribution < 1.29 is 13.5 Å². The van der Waals surface area contributed by atoms with Gasteiger partial charge in [0.2, 0.25) is 0 Å². The van der Waals surface area contributed by atoms with Crippen LogP contribution in [0.2, 0.25) is 5.02 Å². The Kier molecular flexibility index (Phi) is 3.67. The summed E-state index contributed by atoms with van der Waals surface area (Å²) in [6.07, 6.45) is 0. The van der Waals surface area contributed by atoms with Crippen LogP contribution in [0.4, 0.5) is 14.5 Å². The minimum Gasteiger partial charge on any atom is -0.486 e. The lowest BCUT2D eigenvalue weighted by atomic mass is 10.2. The molecule has 0 amide bonds. The van der Waals surface area contributed by atoms with Gasteiger partial charge in [0.05, 0.1) is 0 Å². The molecule has 2 aromatic rings. The third-order valence-electron chi connectivity index (χ3n) is 2.35. The molecule has 0 atom stereocenters. The Morgan fingerprint density at radius 1 is 1.11 bits per heavy atom. The Labute approximate surface area is 108 Å². The monoisotopic (exact) mass is 269 g/mol. The molecule has 0 aliphatic heterocycles. The van der Waals surface area contributed by atoms with E-state index in [4.69, 9.17) is 22.1 Å². The molecule has 2 aromatic carbocycles. The Balaban J connectivity index is 2.13. The predicted molar refractivity (Wildman–Crippen MR) is 66.6 cm³/mol. The van der Waals surface area contributed by atoms with Gasteiger partial charge in [-0.25, -0.2) is 8.78 Å². The van der Waals surface area contributed by atoms with Crippen molar-refractivity contribution >= 4 is 17.3 Å². The van der Waals surface area contributed by atoms with Crippen molar-refractivity contribution in [3.8, 4) is 5.75 Å². The van der Waals surface area contributed by atoms with E-state index in [9.17, 15) is 8.78 Å². The van der Waals surface area contributed by atoms with Gasteiger partial charge in [0.15, 0.2) is 11.6 Å². The molecule has 0 fully saturated rings. The number of nitrogen functional groups attached to an aromatic ring is 1. The third-order valence-corrected chi connectivity index (χ3v) is 2.72. The highest BCUT2D eigenvalue weighted by Gasteiger charge is 2.07. The second-order valence-corrected chi connectivity index (χ2v) is 4.12. The number of ether oxygens (including phenoxy) is 1. The summed E-state index contributed by atoms with van der Waals surface area (Å²) in [4.78, 5) is 0. The predicted octanol–water partition coefficient (Wildman–Crippen LogP) is 3.78. The van der Waals surface area contributed by atoms with E-state index in [2.05, 4.69) is 0 Å². The van der Waals surface area contributed by atoms with Gasteiger partial charge in [-0.05, 0) is 30.3 Å². The van der Waals surface area contributed by atoms with Gasteiger partial charge in [-0.15, -0.1) is 0 Å². The molecule has 2 N–H and O–H groups in total. The van der Waals surface area contributed by atoms with E-state index in [0.717, 1.165) is 12.1 Å². The summed E-state index contributed by atoms with van der Waals surface area (Å²) in [6, 6.07) is 8.05. The van der Waals surface area contributed by atoms with E-state index >= 15 is 0 Å². The van der Waals surface area contributed by atoms with Crippen molar-refractivity contribution in [3.63, 3.8) is 0 Å². The van der Waals surface area contributed by atoms with Gasteiger partial charge >= 0.3 is 0 Å². The molecule has 0 saturated heterocycles. The van der Waals surface area contributed by atoms with Crippen LogP contribution in [0.5, 0.6) is 5.75 Å². The van der Waals surface area contributed by atoms with Gasteiger partial charge in [0, 0.05) is 22.3 Å². The lowest BCUT2D eigenvalue weighted by Gasteiger charge is -2.09. The highest BCUT2D eigenvalue weighted by molar-refractivity contribution is 6.31. The number of nitrogens with two attached hydrogens (primary N) is 1. The normalized spacial score (nSPS) is 10.4. The second kappa shape index (κ2) is 5.23. The first-order valence-corrected chi connectivity index (χ1v) is 5.56. The Morgan fingerprint density at radius 3 is 2.61 bits per heavy atom. The average Bonchev–Trinajstić information content (AvgIpc) is 2.32. The molecular formula is C13H10ClF2NO. The quantitative estimate of drug-likeness (QED) is 0.861. The van der Waals surface area contributed by atoms with Crippen LogP contribution in [-0.4, -0.2) is 0 Å². The number of rotatable bonds is 3. The van der Waals surface area contributed by atoms with Crippen molar-refractivity contribution in [2.75, 3.05) is 5.73 Å². The molecular weight excluding hydrogens is 260 g/mol.